The number of alkyl halides is 3. The fraction of sp³-hybridized carbons (Fsp3) is 0.263. The lowest BCUT2D eigenvalue weighted by molar-refractivity contribution is -0.140. The van der Waals surface area contributed by atoms with Crippen LogP contribution < -0.4 is 14.4 Å². The molecule has 1 amide bonds. The van der Waals surface area contributed by atoms with E-state index in [0.29, 0.717) is 11.4 Å². The molecule has 0 radical (unpaired) electrons. The van der Waals surface area contributed by atoms with Gasteiger partial charge in [-0.1, -0.05) is 12.1 Å². The van der Waals surface area contributed by atoms with Crippen molar-refractivity contribution in [1.29, 1.82) is 0 Å². The Morgan fingerprint density at radius 3 is 2.29 bits per heavy atom. The second-order valence-corrected chi connectivity index (χ2v) is 5.83. The summed E-state index contributed by atoms with van der Waals surface area (Å²) in [5.41, 5.74) is -0.524. The summed E-state index contributed by atoms with van der Waals surface area (Å²) in [4.78, 5) is 24.2. The molecular weight excluding hydrogens is 379 g/mol. The highest BCUT2D eigenvalue weighted by atomic mass is 19.4. The first-order valence-electron chi connectivity index (χ1n) is 8.14. The van der Waals surface area contributed by atoms with Crippen molar-refractivity contribution in [2.24, 2.45) is 0 Å². The SMILES string of the molecule is CC(Oc1ccccc1C(F)(F)F)C(=O)N(C)c1ccc(OCC(=O)O)cc1. The zero-order valence-electron chi connectivity index (χ0n) is 15.1. The number of carbonyl (C=O) groups is 2. The molecule has 0 saturated heterocycles. The fourth-order valence-corrected chi connectivity index (χ4v) is 2.36. The number of carbonyl (C=O) groups excluding carboxylic acids is 1. The van der Waals surface area contributed by atoms with Crippen LogP contribution in [0.2, 0.25) is 0 Å². The Morgan fingerprint density at radius 2 is 1.71 bits per heavy atom. The maximum absolute atomic E-state index is 13.1. The van der Waals surface area contributed by atoms with E-state index in [1.807, 2.05) is 0 Å². The second-order valence-electron chi connectivity index (χ2n) is 5.83. The lowest BCUT2D eigenvalue weighted by atomic mass is 10.2. The number of likely N-dealkylation sites (N-methyl/N-ethyl adjacent to an activating group) is 1. The minimum Gasteiger partial charge on any atom is -0.482 e. The highest BCUT2D eigenvalue weighted by Gasteiger charge is 2.35. The summed E-state index contributed by atoms with van der Waals surface area (Å²) in [5.74, 6) is -1.81. The molecule has 150 valence electrons. The van der Waals surface area contributed by atoms with Crippen molar-refractivity contribution >= 4 is 17.6 Å². The van der Waals surface area contributed by atoms with Crippen LogP contribution in [-0.2, 0) is 15.8 Å². The topological polar surface area (TPSA) is 76.1 Å². The number of carboxylic acids is 1. The van der Waals surface area contributed by atoms with E-state index in [2.05, 4.69) is 0 Å². The summed E-state index contributed by atoms with van der Waals surface area (Å²) < 4.78 is 49.4. The number of carboxylic acid groups (broad SMARTS) is 1. The van der Waals surface area contributed by atoms with Gasteiger partial charge in [-0.05, 0) is 43.3 Å². The number of anilines is 1. The molecule has 6 nitrogen and oxygen atoms in total. The Bertz CT molecular complexity index is 836. The first-order valence-corrected chi connectivity index (χ1v) is 8.14. The van der Waals surface area contributed by atoms with Gasteiger partial charge in [0.1, 0.15) is 11.5 Å². The number of hydrogen-bond donors (Lipinski definition) is 1. The Labute approximate surface area is 159 Å². The normalized spacial score (nSPS) is 12.2. The van der Waals surface area contributed by atoms with Crippen LogP contribution in [0.15, 0.2) is 48.5 Å². The summed E-state index contributed by atoms with van der Waals surface area (Å²) in [7, 11) is 1.45. The van der Waals surface area contributed by atoms with Gasteiger partial charge in [-0.2, -0.15) is 13.2 Å². The van der Waals surface area contributed by atoms with Gasteiger partial charge in [0.2, 0.25) is 0 Å². The molecule has 0 bridgehead atoms. The zero-order chi connectivity index (χ0) is 20.9. The molecular formula is C19H18F3NO5. The monoisotopic (exact) mass is 397 g/mol. The van der Waals surface area contributed by atoms with Gasteiger partial charge < -0.3 is 19.5 Å². The molecule has 9 heteroatoms. The van der Waals surface area contributed by atoms with Crippen LogP contribution in [0.25, 0.3) is 0 Å². The molecule has 1 unspecified atom stereocenters. The number of rotatable bonds is 7. The average molecular weight is 397 g/mol. The van der Waals surface area contributed by atoms with Gasteiger partial charge >= 0.3 is 12.1 Å². The van der Waals surface area contributed by atoms with E-state index in [-0.39, 0.29) is 0 Å². The van der Waals surface area contributed by atoms with E-state index in [9.17, 15) is 22.8 Å². The molecule has 2 aromatic carbocycles. The van der Waals surface area contributed by atoms with Gasteiger partial charge in [-0.3, -0.25) is 4.79 Å². The van der Waals surface area contributed by atoms with Crippen molar-refractivity contribution in [1.82, 2.24) is 0 Å². The number of ether oxygens (including phenoxy) is 2. The molecule has 0 saturated carbocycles. The largest absolute Gasteiger partial charge is 0.482 e. The minimum absolute atomic E-state index is 0.301. The van der Waals surface area contributed by atoms with Gasteiger partial charge in [-0.15, -0.1) is 0 Å². The Balaban J connectivity index is 2.08. The smallest absolute Gasteiger partial charge is 0.419 e. The third kappa shape index (κ3) is 5.38. The lowest BCUT2D eigenvalue weighted by Gasteiger charge is -2.23. The molecule has 0 aromatic heterocycles. The minimum atomic E-state index is -4.60. The van der Waals surface area contributed by atoms with Crippen molar-refractivity contribution in [2.45, 2.75) is 19.2 Å². The van der Waals surface area contributed by atoms with Gasteiger partial charge in [0, 0.05) is 12.7 Å². The molecule has 0 spiro atoms. The average Bonchev–Trinajstić information content (AvgIpc) is 2.65. The van der Waals surface area contributed by atoms with E-state index in [4.69, 9.17) is 14.6 Å². The molecule has 2 aromatic rings. The van der Waals surface area contributed by atoms with Crippen LogP contribution in [0.4, 0.5) is 18.9 Å². The van der Waals surface area contributed by atoms with Crippen LogP contribution >= 0.6 is 0 Å². The second kappa shape index (κ2) is 8.64. The molecule has 2 rings (SSSR count). The van der Waals surface area contributed by atoms with Crippen molar-refractivity contribution < 1.29 is 37.3 Å². The summed E-state index contributed by atoms with van der Waals surface area (Å²) in [6.07, 6.45) is -5.77. The van der Waals surface area contributed by atoms with E-state index in [1.54, 1.807) is 0 Å². The highest BCUT2D eigenvalue weighted by molar-refractivity contribution is 5.96. The van der Waals surface area contributed by atoms with Crippen molar-refractivity contribution in [3.63, 3.8) is 0 Å². The zero-order valence-corrected chi connectivity index (χ0v) is 15.1. The first-order chi connectivity index (χ1) is 13.1. The summed E-state index contributed by atoms with van der Waals surface area (Å²) >= 11 is 0. The predicted molar refractivity (Wildman–Crippen MR) is 94.5 cm³/mol. The third-order valence-corrected chi connectivity index (χ3v) is 3.76. The summed E-state index contributed by atoms with van der Waals surface area (Å²) in [6.45, 7) is 0.855. The number of amides is 1. The number of benzene rings is 2. The Kier molecular flexibility index (Phi) is 6.50. The van der Waals surface area contributed by atoms with Crippen molar-refractivity contribution in [3.05, 3.63) is 54.1 Å². The van der Waals surface area contributed by atoms with Crippen LogP contribution in [0.5, 0.6) is 11.5 Å². The first kappa shape index (κ1) is 21.1. The van der Waals surface area contributed by atoms with Crippen LogP contribution in [0, 0.1) is 0 Å². The molecule has 0 fully saturated rings. The van der Waals surface area contributed by atoms with E-state index < -0.39 is 42.1 Å². The number of nitrogens with zero attached hydrogens (tertiary/aromatic N) is 1. The maximum Gasteiger partial charge on any atom is 0.419 e. The fourth-order valence-electron chi connectivity index (χ4n) is 2.36. The quantitative estimate of drug-likeness (QED) is 0.773. The molecule has 1 atom stereocenters. The van der Waals surface area contributed by atoms with E-state index in [0.717, 1.165) is 12.1 Å². The van der Waals surface area contributed by atoms with Gasteiger partial charge in [0.25, 0.3) is 5.91 Å². The van der Waals surface area contributed by atoms with E-state index >= 15 is 0 Å². The van der Waals surface area contributed by atoms with Crippen LogP contribution in [-0.4, -0.2) is 36.7 Å². The van der Waals surface area contributed by atoms with Crippen LogP contribution in [0.3, 0.4) is 0 Å². The Hall–Kier alpha value is -3.23. The number of halogens is 3. The maximum atomic E-state index is 13.1. The molecule has 0 aliphatic heterocycles. The van der Waals surface area contributed by atoms with Gasteiger partial charge in [-0.25, -0.2) is 4.79 Å². The van der Waals surface area contributed by atoms with Crippen molar-refractivity contribution in [3.8, 4) is 11.5 Å². The third-order valence-electron chi connectivity index (χ3n) is 3.76. The Morgan fingerprint density at radius 1 is 1.11 bits per heavy atom. The van der Waals surface area contributed by atoms with Crippen LogP contribution in [0.1, 0.15) is 12.5 Å². The lowest BCUT2D eigenvalue weighted by Crippen LogP contribution is -2.38. The molecule has 1 N–H and O–H groups in total. The molecule has 0 heterocycles. The summed E-state index contributed by atoms with van der Waals surface area (Å²) in [5, 5.41) is 8.58. The standard InChI is InChI=1S/C19H18F3NO5/c1-12(28-16-6-4-3-5-15(16)19(20,21)22)18(26)23(2)13-7-9-14(10-8-13)27-11-17(24)25/h3-10,12H,11H2,1-2H3,(H,24,25). The predicted octanol–water partition coefficient (Wildman–Crippen LogP) is 3.60. The number of aliphatic carboxylic acids is 1. The molecule has 0 aliphatic rings. The molecule has 0 aliphatic carbocycles. The summed E-state index contributed by atoms with van der Waals surface area (Å²) in [6, 6.07) is 10.7. The van der Waals surface area contributed by atoms with Crippen molar-refractivity contribution in [2.75, 3.05) is 18.6 Å². The highest BCUT2D eigenvalue weighted by Crippen LogP contribution is 2.36. The molecule has 28 heavy (non-hydrogen) atoms. The van der Waals surface area contributed by atoms with E-state index in [1.165, 1.54) is 55.3 Å². The van der Waals surface area contributed by atoms with Gasteiger partial charge in [0.15, 0.2) is 12.7 Å². The van der Waals surface area contributed by atoms with Gasteiger partial charge in [0.05, 0.1) is 5.56 Å². The number of hydrogen-bond acceptors (Lipinski definition) is 4. The number of para-hydroxylation sites is 1.